The fraction of sp³-hybridized carbons (Fsp3) is 0.353. The molecule has 0 bridgehead atoms. The van der Waals surface area contributed by atoms with Crippen molar-refractivity contribution in [1.82, 2.24) is 9.62 Å². The van der Waals surface area contributed by atoms with Crippen molar-refractivity contribution in [2.24, 2.45) is 0 Å². The molecule has 0 heterocycles. The normalized spacial score (nSPS) is 11.8. The molecule has 0 aromatic heterocycles. The second kappa shape index (κ2) is 7.57. The summed E-state index contributed by atoms with van der Waals surface area (Å²) in [6, 6.07) is 12.5. The van der Waals surface area contributed by atoms with Crippen LogP contribution in [0.25, 0.3) is 10.8 Å². The summed E-state index contributed by atoms with van der Waals surface area (Å²) in [6.07, 6.45) is 1.86. The highest BCUT2D eigenvalue weighted by atomic mass is 32.2. The van der Waals surface area contributed by atoms with Crippen molar-refractivity contribution in [2.45, 2.75) is 24.7 Å². The van der Waals surface area contributed by atoms with E-state index in [2.05, 4.69) is 5.32 Å². The summed E-state index contributed by atoms with van der Waals surface area (Å²) in [4.78, 5) is 12.0. The molecule has 0 spiro atoms. The molecule has 2 aromatic rings. The van der Waals surface area contributed by atoms with Crippen molar-refractivity contribution < 1.29 is 13.2 Å². The number of amides is 1. The van der Waals surface area contributed by atoms with Crippen LogP contribution in [0.4, 0.5) is 0 Å². The van der Waals surface area contributed by atoms with E-state index in [1.807, 2.05) is 31.2 Å². The molecular formula is C17H22N2O3S. The third kappa shape index (κ3) is 4.30. The number of carbonyl (C=O) groups excluding carboxylic acids is 1. The lowest BCUT2D eigenvalue weighted by Crippen LogP contribution is -2.38. The van der Waals surface area contributed by atoms with Gasteiger partial charge in [-0.1, -0.05) is 43.7 Å². The molecule has 124 valence electrons. The van der Waals surface area contributed by atoms with Crippen LogP contribution >= 0.6 is 0 Å². The van der Waals surface area contributed by atoms with Crippen molar-refractivity contribution in [1.29, 1.82) is 0 Å². The third-order valence-electron chi connectivity index (χ3n) is 3.65. The van der Waals surface area contributed by atoms with E-state index in [0.29, 0.717) is 6.54 Å². The number of likely N-dealkylation sites (N-methyl/N-ethyl adjacent to an activating group) is 1. The van der Waals surface area contributed by atoms with Crippen molar-refractivity contribution in [3.05, 3.63) is 42.5 Å². The highest BCUT2D eigenvalue weighted by molar-refractivity contribution is 7.89. The summed E-state index contributed by atoms with van der Waals surface area (Å²) in [5.74, 6) is -0.287. The van der Waals surface area contributed by atoms with Gasteiger partial charge in [-0.3, -0.25) is 4.79 Å². The van der Waals surface area contributed by atoms with Crippen LogP contribution in [-0.2, 0) is 14.8 Å². The van der Waals surface area contributed by atoms with E-state index in [9.17, 15) is 13.2 Å². The van der Waals surface area contributed by atoms with Gasteiger partial charge in [0.15, 0.2) is 0 Å². The first-order chi connectivity index (χ1) is 10.9. The number of unbranched alkanes of at least 4 members (excludes halogenated alkanes) is 1. The summed E-state index contributed by atoms with van der Waals surface area (Å²) in [5.41, 5.74) is 0. The summed E-state index contributed by atoms with van der Waals surface area (Å²) in [6.45, 7) is 2.42. The molecule has 0 fully saturated rings. The van der Waals surface area contributed by atoms with Gasteiger partial charge in [0.25, 0.3) is 0 Å². The first-order valence-corrected chi connectivity index (χ1v) is 9.11. The van der Waals surface area contributed by atoms with Crippen molar-refractivity contribution in [2.75, 3.05) is 20.1 Å². The summed E-state index contributed by atoms with van der Waals surface area (Å²) >= 11 is 0. The van der Waals surface area contributed by atoms with Crippen molar-refractivity contribution >= 4 is 26.7 Å². The highest BCUT2D eigenvalue weighted by Crippen LogP contribution is 2.21. The number of hydrogen-bond acceptors (Lipinski definition) is 3. The minimum Gasteiger partial charge on any atom is -0.355 e. The Hall–Kier alpha value is -1.92. The van der Waals surface area contributed by atoms with E-state index in [1.54, 1.807) is 18.2 Å². The largest absolute Gasteiger partial charge is 0.355 e. The maximum absolute atomic E-state index is 12.6. The van der Waals surface area contributed by atoms with Crippen LogP contribution in [0.1, 0.15) is 19.8 Å². The van der Waals surface area contributed by atoms with E-state index in [1.165, 1.54) is 7.05 Å². The number of hydrogen-bond donors (Lipinski definition) is 1. The minimum absolute atomic E-state index is 0.182. The second-order valence-corrected chi connectivity index (χ2v) is 7.52. The first-order valence-electron chi connectivity index (χ1n) is 7.67. The molecular weight excluding hydrogens is 312 g/mol. The van der Waals surface area contributed by atoms with Gasteiger partial charge < -0.3 is 5.32 Å². The van der Waals surface area contributed by atoms with Gasteiger partial charge in [0.05, 0.1) is 11.4 Å². The Balaban J connectivity index is 2.13. The summed E-state index contributed by atoms with van der Waals surface area (Å²) in [5, 5.41) is 4.56. The average molecular weight is 334 g/mol. The van der Waals surface area contributed by atoms with Crippen molar-refractivity contribution in [3.63, 3.8) is 0 Å². The summed E-state index contributed by atoms with van der Waals surface area (Å²) < 4.78 is 26.3. The predicted octanol–water partition coefficient (Wildman–Crippen LogP) is 2.38. The molecule has 0 atom stereocenters. The van der Waals surface area contributed by atoms with E-state index >= 15 is 0 Å². The van der Waals surface area contributed by atoms with Crippen LogP contribution in [0.2, 0.25) is 0 Å². The van der Waals surface area contributed by atoms with Crippen molar-refractivity contribution in [3.8, 4) is 0 Å². The Bertz CT molecular complexity index is 787. The lowest BCUT2D eigenvalue weighted by atomic mass is 10.1. The molecule has 0 aliphatic carbocycles. The molecule has 2 rings (SSSR count). The SMILES string of the molecule is CCCCNC(=O)CN(C)S(=O)(=O)c1ccc2ccccc2c1. The smallest absolute Gasteiger partial charge is 0.243 e. The Morgan fingerprint density at radius 2 is 1.83 bits per heavy atom. The number of nitrogens with zero attached hydrogens (tertiary/aromatic N) is 1. The monoisotopic (exact) mass is 334 g/mol. The van der Waals surface area contributed by atoms with Crippen LogP contribution < -0.4 is 5.32 Å². The van der Waals surface area contributed by atoms with Gasteiger partial charge in [0, 0.05) is 13.6 Å². The first kappa shape index (κ1) is 17.4. The van der Waals surface area contributed by atoms with E-state index < -0.39 is 10.0 Å². The predicted molar refractivity (Wildman–Crippen MR) is 91.7 cm³/mol. The fourth-order valence-electron chi connectivity index (χ4n) is 2.26. The molecule has 0 saturated heterocycles. The molecule has 6 heteroatoms. The Kier molecular flexibility index (Phi) is 5.74. The Morgan fingerprint density at radius 3 is 2.52 bits per heavy atom. The van der Waals surface area contributed by atoms with Gasteiger partial charge in [0.2, 0.25) is 15.9 Å². The van der Waals surface area contributed by atoms with Gasteiger partial charge in [-0.05, 0) is 29.3 Å². The number of sulfonamides is 1. The number of nitrogens with one attached hydrogen (secondary N) is 1. The second-order valence-electron chi connectivity index (χ2n) is 5.47. The molecule has 0 saturated carbocycles. The van der Waals surface area contributed by atoms with Gasteiger partial charge in [-0.15, -0.1) is 0 Å². The molecule has 1 N–H and O–H groups in total. The van der Waals surface area contributed by atoms with Crippen LogP contribution in [-0.4, -0.2) is 38.8 Å². The third-order valence-corrected chi connectivity index (χ3v) is 5.45. The molecule has 2 aromatic carbocycles. The molecule has 0 radical (unpaired) electrons. The van der Waals surface area contributed by atoms with Crippen LogP contribution in [0, 0.1) is 0 Å². The Labute approximate surface area is 137 Å². The highest BCUT2D eigenvalue weighted by Gasteiger charge is 2.23. The average Bonchev–Trinajstić information content (AvgIpc) is 2.54. The topological polar surface area (TPSA) is 66.5 Å². The van der Waals surface area contributed by atoms with Gasteiger partial charge in [-0.2, -0.15) is 4.31 Å². The quantitative estimate of drug-likeness (QED) is 0.791. The maximum atomic E-state index is 12.6. The van der Waals surface area contributed by atoms with Crippen LogP contribution in [0.5, 0.6) is 0 Å². The van der Waals surface area contributed by atoms with Crippen LogP contribution in [0.3, 0.4) is 0 Å². The van der Waals surface area contributed by atoms with E-state index in [0.717, 1.165) is 27.9 Å². The fourth-order valence-corrected chi connectivity index (χ4v) is 3.42. The standard InChI is InChI=1S/C17H22N2O3S/c1-3-4-11-18-17(20)13-19(2)23(21,22)16-10-9-14-7-5-6-8-15(14)12-16/h5-10,12H,3-4,11,13H2,1-2H3,(H,18,20). The molecule has 23 heavy (non-hydrogen) atoms. The zero-order valence-corrected chi connectivity index (χ0v) is 14.3. The van der Waals surface area contributed by atoms with Gasteiger partial charge >= 0.3 is 0 Å². The maximum Gasteiger partial charge on any atom is 0.243 e. The van der Waals surface area contributed by atoms with E-state index in [-0.39, 0.29) is 17.3 Å². The lowest BCUT2D eigenvalue weighted by molar-refractivity contribution is -0.121. The van der Waals surface area contributed by atoms with Gasteiger partial charge in [0.1, 0.15) is 0 Å². The lowest BCUT2D eigenvalue weighted by Gasteiger charge is -2.17. The zero-order chi connectivity index (χ0) is 16.9. The molecule has 0 aliphatic heterocycles. The summed E-state index contributed by atoms with van der Waals surface area (Å²) in [7, 11) is -2.26. The minimum atomic E-state index is -3.68. The van der Waals surface area contributed by atoms with Crippen LogP contribution in [0.15, 0.2) is 47.4 Å². The van der Waals surface area contributed by atoms with E-state index in [4.69, 9.17) is 0 Å². The molecule has 5 nitrogen and oxygen atoms in total. The molecule has 0 unspecified atom stereocenters. The number of benzene rings is 2. The number of carbonyl (C=O) groups is 1. The molecule has 0 aliphatic rings. The zero-order valence-electron chi connectivity index (χ0n) is 13.5. The Morgan fingerprint density at radius 1 is 1.13 bits per heavy atom. The van der Waals surface area contributed by atoms with Gasteiger partial charge in [-0.25, -0.2) is 8.42 Å². The number of rotatable bonds is 7. The number of fused-ring (bicyclic) bond motifs is 1. The molecule has 1 amide bonds.